The van der Waals surface area contributed by atoms with Crippen LogP contribution in [0, 0.1) is 0 Å². The fourth-order valence-corrected chi connectivity index (χ4v) is 1.74. The van der Waals surface area contributed by atoms with Gasteiger partial charge in [-0.1, -0.05) is 0 Å². The van der Waals surface area contributed by atoms with Crippen LogP contribution >= 0.6 is 0 Å². The highest BCUT2D eigenvalue weighted by Crippen LogP contribution is 2.06. The van der Waals surface area contributed by atoms with Crippen LogP contribution in [-0.4, -0.2) is 36.6 Å². The lowest BCUT2D eigenvalue weighted by Crippen LogP contribution is -2.36. The molecule has 1 saturated heterocycles. The lowest BCUT2D eigenvalue weighted by Gasteiger charge is -2.22. The third-order valence-electron chi connectivity index (χ3n) is 2.60. The van der Waals surface area contributed by atoms with Crippen molar-refractivity contribution < 1.29 is 9.53 Å². The van der Waals surface area contributed by atoms with Crippen LogP contribution in [0.15, 0.2) is 18.3 Å². The van der Waals surface area contributed by atoms with Crippen molar-refractivity contribution in [3.63, 3.8) is 0 Å². The maximum atomic E-state index is 11.6. The molecular weight excluding hydrogens is 192 g/mol. The Morgan fingerprint density at radius 1 is 1.60 bits per heavy atom. The molecule has 1 aromatic heterocycles. The van der Waals surface area contributed by atoms with Crippen molar-refractivity contribution in [1.29, 1.82) is 0 Å². The van der Waals surface area contributed by atoms with E-state index in [1.165, 1.54) is 0 Å². The molecule has 0 spiro atoms. The topological polar surface area (TPSA) is 54.1 Å². The lowest BCUT2D eigenvalue weighted by molar-refractivity contribution is 0.0345. The minimum absolute atomic E-state index is 0.0190. The molecule has 4 heteroatoms. The van der Waals surface area contributed by atoms with E-state index < -0.39 is 0 Å². The Hall–Kier alpha value is -1.13. The van der Waals surface area contributed by atoms with Crippen molar-refractivity contribution in [2.24, 2.45) is 0 Å². The Morgan fingerprint density at radius 3 is 3.20 bits per heavy atom. The van der Waals surface area contributed by atoms with Gasteiger partial charge in [-0.2, -0.15) is 0 Å². The van der Waals surface area contributed by atoms with E-state index in [1.54, 1.807) is 12.3 Å². The van der Waals surface area contributed by atoms with Crippen LogP contribution in [0.5, 0.6) is 0 Å². The summed E-state index contributed by atoms with van der Waals surface area (Å²) in [5.41, 5.74) is 0.624. The van der Waals surface area contributed by atoms with Crippen molar-refractivity contribution in [3.8, 4) is 0 Å². The van der Waals surface area contributed by atoms with Crippen LogP contribution in [0.25, 0.3) is 0 Å². The third kappa shape index (κ3) is 2.91. The van der Waals surface area contributed by atoms with Gasteiger partial charge in [0.25, 0.3) is 0 Å². The molecule has 0 saturated carbocycles. The number of piperidine rings is 1. The Morgan fingerprint density at radius 2 is 2.53 bits per heavy atom. The highest BCUT2D eigenvalue weighted by molar-refractivity contribution is 5.95. The number of ether oxygens (including phenoxy) is 1. The normalized spacial score (nSPS) is 21.5. The number of Topliss-reactive ketones (excluding diaryl/α,β-unsaturated/α-hetero) is 1. The number of aromatic nitrogens is 1. The van der Waals surface area contributed by atoms with Crippen molar-refractivity contribution in [2.75, 3.05) is 19.7 Å². The van der Waals surface area contributed by atoms with Gasteiger partial charge in [0.1, 0.15) is 6.61 Å². The van der Waals surface area contributed by atoms with Crippen LogP contribution in [0.2, 0.25) is 0 Å². The molecule has 0 amide bonds. The fourth-order valence-electron chi connectivity index (χ4n) is 1.74. The second-order valence-corrected chi connectivity index (χ2v) is 3.79. The van der Waals surface area contributed by atoms with E-state index in [0.29, 0.717) is 5.69 Å². The molecule has 2 heterocycles. The van der Waals surface area contributed by atoms with Gasteiger partial charge in [0.05, 0.1) is 11.8 Å². The molecule has 0 aliphatic carbocycles. The summed E-state index contributed by atoms with van der Waals surface area (Å²) in [4.78, 5) is 14.5. The fraction of sp³-hybridized carbons (Fsp3) is 0.545. The number of nitrogens with one attached hydrogen (secondary N) is 2. The summed E-state index contributed by atoms with van der Waals surface area (Å²) in [6.07, 6.45) is 4.11. The molecule has 2 N–H and O–H groups in total. The van der Waals surface area contributed by atoms with Crippen molar-refractivity contribution >= 4 is 5.78 Å². The number of rotatable bonds is 4. The van der Waals surface area contributed by atoms with Gasteiger partial charge in [-0.3, -0.25) is 4.79 Å². The molecule has 0 aromatic carbocycles. The van der Waals surface area contributed by atoms with E-state index in [4.69, 9.17) is 4.74 Å². The zero-order valence-corrected chi connectivity index (χ0v) is 8.66. The van der Waals surface area contributed by atoms with Crippen LogP contribution in [0.4, 0.5) is 0 Å². The SMILES string of the molecule is O=C(CO[C@@H]1CCCNC1)c1ccc[nH]1. The van der Waals surface area contributed by atoms with Crippen LogP contribution < -0.4 is 5.32 Å². The van der Waals surface area contributed by atoms with E-state index >= 15 is 0 Å². The maximum absolute atomic E-state index is 11.6. The first-order chi connectivity index (χ1) is 7.36. The first kappa shape index (κ1) is 10.4. The Labute approximate surface area is 89.0 Å². The van der Waals surface area contributed by atoms with Gasteiger partial charge in [-0.15, -0.1) is 0 Å². The van der Waals surface area contributed by atoms with Crippen molar-refractivity contribution in [3.05, 3.63) is 24.0 Å². The molecule has 1 aliphatic rings. The van der Waals surface area contributed by atoms with E-state index in [0.717, 1.165) is 25.9 Å². The summed E-state index contributed by atoms with van der Waals surface area (Å²) in [6, 6.07) is 3.58. The Kier molecular flexibility index (Phi) is 3.53. The monoisotopic (exact) mass is 208 g/mol. The van der Waals surface area contributed by atoms with Gasteiger partial charge in [0.2, 0.25) is 5.78 Å². The highest BCUT2D eigenvalue weighted by Gasteiger charge is 2.15. The second-order valence-electron chi connectivity index (χ2n) is 3.79. The van der Waals surface area contributed by atoms with Crippen LogP contribution in [0.1, 0.15) is 23.3 Å². The van der Waals surface area contributed by atoms with Gasteiger partial charge in [-0.25, -0.2) is 0 Å². The lowest BCUT2D eigenvalue weighted by atomic mass is 10.1. The van der Waals surface area contributed by atoms with E-state index in [1.807, 2.05) is 6.07 Å². The summed E-state index contributed by atoms with van der Waals surface area (Å²) < 4.78 is 5.54. The van der Waals surface area contributed by atoms with Crippen molar-refractivity contribution in [1.82, 2.24) is 10.3 Å². The summed E-state index contributed by atoms with van der Waals surface area (Å²) in [6.45, 7) is 2.09. The molecule has 2 rings (SSSR count). The van der Waals surface area contributed by atoms with Gasteiger partial charge in [-0.05, 0) is 31.5 Å². The van der Waals surface area contributed by atoms with Crippen LogP contribution in [0.3, 0.4) is 0 Å². The molecule has 4 nitrogen and oxygen atoms in total. The van der Waals surface area contributed by atoms with Gasteiger partial charge < -0.3 is 15.0 Å². The van der Waals surface area contributed by atoms with Gasteiger partial charge in [0, 0.05) is 12.7 Å². The first-order valence-corrected chi connectivity index (χ1v) is 5.35. The minimum Gasteiger partial charge on any atom is -0.369 e. The Bertz CT molecular complexity index is 302. The second kappa shape index (κ2) is 5.09. The molecule has 0 bridgehead atoms. The number of carbonyl (C=O) groups is 1. The number of H-pyrrole nitrogens is 1. The number of carbonyl (C=O) groups excluding carboxylic acids is 1. The quantitative estimate of drug-likeness (QED) is 0.725. The Balaban J connectivity index is 1.75. The molecular formula is C11H16N2O2. The zero-order chi connectivity index (χ0) is 10.5. The van der Waals surface area contributed by atoms with E-state index in [-0.39, 0.29) is 18.5 Å². The molecule has 0 radical (unpaired) electrons. The van der Waals surface area contributed by atoms with Gasteiger partial charge in [0.15, 0.2) is 0 Å². The minimum atomic E-state index is 0.0190. The third-order valence-corrected chi connectivity index (χ3v) is 2.60. The summed E-state index contributed by atoms with van der Waals surface area (Å²) >= 11 is 0. The molecule has 82 valence electrons. The summed E-state index contributed by atoms with van der Waals surface area (Å²) in [7, 11) is 0. The molecule has 1 fully saturated rings. The average Bonchev–Trinajstić information content (AvgIpc) is 2.81. The average molecular weight is 208 g/mol. The molecule has 0 unspecified atom stereocenters. The molecule has 1 aliphatic heterocycles. The zero-order valence-electron chi connectivity index (χ0n) is 8.66. The highest BCUT2D eigenvalue weighted by atomic mass is 16.5. The molecule has 15 heavy (non-hydrogen) atoms. The van der Waals surface area contributed by atoms with Gasteiger partial charge >= 0.3 is 0 Å². The number of ketones is 1. The van der Waals surface area contributed by atoms with E-state index in [2.05, 4.69) is 10.3 Å². The first-order valence-electron chi connectivity index (χ1n) is 5.35. The number of hydrogen-bond acceptors (Lipinski definition) is 3. The maximum Gasteiger partial charge on any atom is 0.204 e. The summed E-state index contributed by atoms with van der Waals surface area (Å²) in [5.74, 6) is 0.0190. The molecule has 1 aromatic rings. The molecule has 1 atom stereocenters. The predicted molar refractivity (Wildman–Crippen MR) is 57.0 cm³/mol. The number of aromatic amines is 1. The number of hydrogen-bond donors (Lipinski definition) is 2. The van der Waals surface area contributed by atoms with Crippen molar-refractivity contribution in [2.45, 2.75) is 18.9 Å². The standard InChI is InChI=1S/C11H16N2O2/c14-11(10-4-2-6-13-10)8-15-9-3-1-5-12-7-9/h2,4,6,9,12-13H,1,3,5,7-8H2/t9-/m1/s1. The largest absolute Gasteiger partial charge is 0.369 e. The smallest absolute Gasteiger partial charge is 0.204 e. The predicted octanol–water partition coefficient (Wildman–Crippen LogP) is 0.966. The summed E-state index contributed by atoms with van der Waals surface area (Å²) in [5, 5.41) is 3.25. The van der Waals surface area contributed by atoms with E-state index in [9.17, 15) is 4.79 Å². The van der Waals surface area contributed by atoms with Crippen LogP contribution in [-0.2, 0) is 4.74 Å².